The van der Waals surface area contributed by atoms with E-state index in [1.807, 2.05) is 38.1 Å². The van der Waals surface area contributed by atoms with Gasteiger partial charge in [-0.05, 0) is 24.5 Å². The van der Waals surface area contributed by atoms with Gasteiger partial charge in [-0.3, -0.25) is 19.3 Å². The van der Waals surface area contributed by atoms with E-state index in [0.717, 1.165) is 14.9 Å². The number of urea groups is 1. The molecule has 2 rings (SSSR count). The molecule has 0 radical (unpaired) electrons. The molecule has 8 heteroatoms. The molecule has 1 atom stereocenters. The molecule has 1 aliphatic heterocycles. The molecule has 1 saturated heterocycles. The number of benzene rings is 1. The predicted molar refractivity (Wildman–Crippen MR) is 94.4 cm³/mol. The second kappa shape index (κ2) is 7.77. The molecule has 7 nitrogen and oxygen atoms in total. The number of carbonyl (C=O) groups excluding carboxylic acids is 4. The Balaban J connectivity index is 2.03. The number of rotatable bonds is 6. The molecule has 0 bridgehead atoms. The predicted octanol–water partition coefficient (Wildman–Crippen LogP) is 2.07. The van der Waals surface area contributed by atoms with Crippen LogP contribution in [0.15, 0.2) is 28.7 Å². The minimum absolute atomic E-state index is 0.0323. The third kappa shape index (κ3) is 4.25. The van der Waals surface area contributed by atoms with E-state index in [9.17, 15) is 19.2 Å². The summed E-state index contributed by atoms with van der Waals surface area (Å²) in [6.45, 7) is 5.13. The monoisotopic (exact) mass is 409 g/mol. The molecule has 0 aliphatic carbocycles. The minimum Gasteiger partial charge on any atom is -0.348 e. The Kier molecular flexibility index (Phi) is 5.94. The van der Waals surface area contributed by atoms with Crippen LogP contribution in [-0.2, 0) is 14.4 Å². The van der Waals surface area contributed by atoms with Crippen LogP contribution in [0.4, 0.5) is 4.79 Å². The van der Waals surface area contributed by atoms with Crippen molar-refractivity contribution in [3.8, 4) is 0 Å². The van der Waals surface area contributed by atoms with Crippen LogP contribution in [0.3, 0.4) is 0 Å². The van der Waals surface area contributed by atoms with Crippen molar-refractivity contribution in [2.24, 2.45) is 5.92 Å². The third-order valence-corrected chi connectivity index (χ3v) is 4.46. The molecule has 1 heterocycles. The smallest absolute Gasteiger partial charge is 0.334 e. The molecule has 1 fully saturated rings. The van der Waals surface area contributed by atoms with Gasteiger partial charge in [0.1, 0.15) is 6.54 Å². The van der Waals surface area contributed by atoms with Crippen molar-refractivity contribution in [2.45, 2.75) is 26.8 Å². The van der Waals surface area contributed by atoms with E-state index in [-0.39, 0.29) is 18.5 Å². The van der Waals surface area contributed by atoms with Crippen molar-refractivity contribution in [1.82, 2.24) is 15.1 Å². The molecule has 0 saturated carbocycles. The maximum Gasteiger partial charge on any atom is 0.334 e. The molecule has 0 aromatic heterocycles. The Bertz CT molecular complexity index is 720. The van der Waals surface area contributed by atoms with Crippen molar-refractivity contribution in [1.29, 1.82) is 0 Å². The standard InChI is InChI=1S/C17H20BrN3O4/c1-10(2)8-20-15(23)16(24)21(17(20)25)9-14(22)19-11(3)12-6-4-5-7-13(12)18/h4-7,10-11H,8-9H2,1-3H3,(H,19,22)/t11-/m1/s1. The summed E-state index contributed by atoms with van der Waals surface area (Å²) >= 11 is 3.41. The Morgan fingerprint density at radius 1 is 1.08 bits per heavy atom. The van der Waals surface area contributed by atoms with E-state index in [0.29, 0.717) is 4.90 Å². The van der Waals surface area contributed by atoms with Gasteiger partial charge in [0.15, 0.2) is 0 Å². The van der Waals surface area contributed by atoms with Gasteiger partial charge in [0.25, 0.3) is 0 Å². The van der Waals surface area contributed by atoms with Crippen molar-refractivity contribution in [2.75, 3.05) is 13.1 Å². The molecule has 1 aliphatic rings. The van der Waals surface area contributed by atoms with Gasteiger partial charge >= 0.3 is 17.8 Å². The molecule has 1 aromatic carbocycles. The molecule has 25 heavy (non-hydrogen) atoms. The van der Waals surface area contributed by atoms with E-state index in [1.165, 1.54) is 0 Å². The molecule has 5 amide bonds. The Morgan fingerprint density at radius 2 is 1.68 bits per heavy atom. The van der Waals surface area contributed by atoms with Crippen LogP contribution < -0.4 is 5.32 Å². The summed E-state index contributed by atoms with van der Waals surface area (Å²) in [5, 5.41) is 2.73. The minimum atomic E-state index is -0.964. The average Bonchev–Trinajstić information content (AvgIpc) is 2.72. The lowest BCUT2D eigenvalue weighted by atomic mass is 10.1. The van der Waals surface area contributed by atoms with Gasteiger partial charge in [-0.25, -0.2) is 9.69 Å². The zero-order valence-corrected chi connectivity index (χ0v) is 15.9. The summed E-state index contributed by atoms with van der Waals surface area (Å²) in [5.74, 6) is -2.33. The van der Waals surface area contributed by atoms with Gasteiger partial charge in [0.05, 0.1) is 6.04 Å². The normalized spacial score (nSPS) is 16.0. The fourth-order valence-electron chi connectivity index (χ4n) is 2.55. The van der Waals surface area contributed by atoms with E-state index in [4.69, 9.17) is 0 Å². The van der Waals surface area contributed by atoms with E-state index >= 15 is 0 Å². The summed E-state index contributed by atoms with van der Waals surface area (Å²) in [5.41, 5.74) is 0.868. The SMILES string of the molecule is CC(C)CN1C(=O)C(=O)N(CC(=O)N[C@H](C)c2ccccc2Br)C1=O. The number of hydrogen-bond donors (Lipinski definition) is 1. The van der Waals surface area contributed by atoms with Gasteiger partial charge in [-0.2, -0.15) is 0 Å². The van der Waals surface area contributed by atoms with Crippen LogP contribution in [0.1, 0.15) is 32.4 Å². The number of carbonyl (C=O) groups is 4. The highest BCUT2D eigenvalue weighted by molar-refractivity contribution is 9.10. The van der Waals surface area contributed by atoms with Gasteiger partial charge in [-0.15, -0.1) is 0 Å². The van der Waals surface area contributed by atoms with Crippen molar-refractivity contribution in [3.63, 3.8) is 0 Å². The van der Waals surface area contributed by atoms with Crippen LogP contribution in [0, 0.1) is 5.92 Å². The Morgan fingerprint density at radius 3 is 2.28 bits per heavy atom. The molecule has 1 N–H and O–H groups in total. The van der Waals surface area contributed by atoms with Crippen LogP contribution in [0.25, 0.3) is 0 Å². The summed E-state index contributed by atoms with van der Waals surface area (Å²) in [6, 6.07) is 6.35. The van der Waals surface area contributed by atoms with Crippen molar-refractivity contribution < 1.29 is 19.2 Å². The van der Waals surface area contributed by atoms with Crippen LogP contribution in [-0.4, -0.2) is 46.6 Å². The largest absolute Gasteiger partial charge is 0.348 e. The number of halogens is 1. The first kappa shape index (κ1) is 19.1. The number of nitrogens with one attached hydrogen (secondary N) is 1. The lowest BCUT2D eigenvalue weighted by Gasteiger charge is -2.19. The van der Waals surface area contributed by atoms with Crippen LogP contribution in [0.5, 0.6) is 0 Å². The first-order chi connectivity index (χ1) is 11.7. The number of imide groups is 2. The average molecular weight is 410 g/mol. The molecule has 0 spiro atoms. The summed E-state index contributed by atoms with van der Waals surface area (Å²) < 4.78 is 0.842. The lowest BCUT2D eigenvalue weighted by Crippen LogP contribution is -2.42. The second-order valence-corrected chi connectivity index (χ2v) is 7.15. The van der Waals surface area contributed by atoms with Crippen molar-refractivity contribution in [3.05, 3.63) is 34.3 Å². The summed E-state index contributed by atoms with van der Waals surface area (Å²) in [6.07, 6.45) is 0. The zero-order chi connectivity index (χ0) is 18.7. The molecule has 0 unspecified atom stereocenters. The van der Waals surface area contributed by atoms with Crippen molar-refractivity contribution >= 4 is 39.7 Å². The molecular weight excluding hydrogens is 390 g/mol. The second-order valence-electron chi connectivity index (χ2n) is 6.29. The molecule has 1 aromatic rings. The van der Waals surface area contributed by atoms with Crippen LogP contribution in [0.2, 0.25) is 0 Å². The summed E-state index contributed by atoms with van der Waals surface area (Å²) in [4.78, 5) is 49.9. The Labute approximate surface area is 154 Å². The van der Waals surface area contributed by atoms with Gasteiger partial charge < -0.3 is 5.32 Å². The summed E-state index contributed by atoms with van der Waals surface area (Å²) in [7, 11) is 0. The van der Waals surface area contributed by atoms with E-state index in [1.54, 1.807) is 6.92 Å². The Hall–Kier alpha value is -2.22. The van der Waals surface area contributed by atoms with Gasteiger partial charge in [0.2, 0.25) is 5.91 Å². The highest BCUT2D eigenvalue weighted by Gasteiger charge is 2.45. The quantitative estimate of drug-likeness (QED) is 0.575. The topological polar surface area (TPSA) is 86.8 Å². The van der Waals surface area contributed by atoms with Crippen LogP contribution >= 0.6 is 15.9 Å². The molecule has 134 valence electrons. The highest BCUT2D eigenvalue weighted by atomic mass is 79.9. The van der Waals surface area contributed by atoms with Gasteiger partial charge in [0, 0.05) is 11.0 Å². The highest BCUT2D eigenvalue weighted by Crippen LogP contribution is 2.22. The zero-order valence-electron chi connectivity index (χ0n) is 14.3. The first-order valence-corrected chi connectivity index (χ1v) is 8.72. The third-order valence-electron chi connectivity index (χ3n) is 3.73. The van der Waals surface area contributed by atoms with Gasteiger partial charge in [-0.1, -0.05) is 48.0 Å². The maximum atomic E-state index is 12.2. The fourth-order valence-corrected chi connectivity index (χ4v) is 3.18. The first-order valence-electron chi connectivity index (χ1n) is 7.93. The molecular formula is C17H20BrN3O4. The number of amides is 5. The lowest BCUT2D eigenvalue weighted by molar-refractivity contribution is -0.144. The maximum absolute atomic E-state index is 12.2. The number of hydrogen-bond acceptors (Lipinski definition) is 4. The van der Waals surface area contributed by atoms with E-state index < -0.39 is 30.3 Å². The fraction of sp³-hybridized carbons (Fsp3) is 0.412. The van der Waals surface area contributed by atoms with E-state index in [2.05, 4.69) is 21.2 Å². The number of nitrogens with zero attached hydrogens (tertiary/aromatic N) is 2.